The van der Waals surface area contributed by atoms with E-state index in [0.29, 0.717) is 17.9 Å². The highest BCUT2D eigenvalue weighted by molar-refractivity contribution is 7.10. The van der Waals surface area contributed by atoms with E-state index in [4.69, 9.17) is 9.47 Å². The van der Waals surface area contributed by atoms with Gasteiger partial charge in [0.1, 0.15) is 5.75 Å². The van der Waals surface area contributed by atoms with Gasteiger partial charge >= 0.3 is 11.9 Å². The van der Waals surface area contributed by atoms with E-state index in [1.54, 1.807) is 25.1 Å². The lowest BCUT2D eigenvalue weighted by molar-refractivity contribution is -0.133. The highest BCUT2D eigenvalue weighted by Crippen LogP contribution is 2.16. The van der Waals surface area contributed by atoms with Gasteiger partial charge in [-0.3, -0.25) is 4.79 Å². The third kappa shape index (κ3) is 3.93. The fourth-order valence-corrected chi connectivity index (χ4v) is 2.31. The number of rotatable bonds is 5. The molecule has 0 aliphatic carbocycles. The molecule has 0 fully saturated rings. The zero-order chi connectivity index (χ0) is 14.4. The monoisotopic (exact) mass is 290 g/mol. The van der Waals surface area contributed by atoms with Crippen LogP contribution in [-0.2, 0) is 16.0 Å². The van der Waals surface area contributed by atoms with Crippen LogP contribution >= 0.6 is 11.3 Å². The minimum absolute atomic E-state index is 0.224. The predicted molar refractivity (Wildman–Crippen MR) is 76.1 cm³/mol. The Morgan fingerprint density at radius 2 is 2.05 bits per heavy atom. The van der Waals surface area contributed by atoms with Crippen molar-refractivity contribution in [3.05, 3.63) is 52.2 Å². The number of thiophene rings is 1. The van der Waals surface area contributed by atoms with E-state index in [2.05, 4.69) is 0 Å². The van der Waals surface area contributed by atoms with E-state index in [-0.39, 0.29) is 12.4 Å². The predicted octanol–water partition coefficient (Wildman–Crippen LogP) is 3.07. The molecule has 0 aliphatic heterocycles. The summed E-state index contributed by atoms with van der Waals surface area (Å²) < 4.78 is 10.1. The van der Waals surface area contributed by atoms with Crippen LogP contribution in [0.4, 0.5) is 0 Å². The molecule has 0 saturated heterocycles. The average molecular weight is 290 g/mol. The van der Waals surface area contributed by atoms with Gasteiger partial charge in [0.15, 0.2) is 0 Å². The largest absolute Gasteiger partial charge is 0.462 e. The average Bonchev–Trinajstić information content (AvgIpc) is 2.92. The normalized spacial score (nSPS) is 10.1. The topological polar surface area (TPSA) is 52.6 Å². The van der Waals surface area contributed by atoms with Crippen molar-refractivity contribution >= 4 is 23.3 Å². The van der Waals surface area contributed by atoms with Gasteiger partial charge in [0.05, 0.1) is 18.6 Å². The molecule has 20 heavy (non-hydrogen) atoms. The highest BCUT2D eigenvalue weighted by atomic mass is 32.1. The second-order valence-electron chi connectivity index (χ2n) is 3.98. The summed E-state index contributed by atoms with van der Waals surface area (Å²) in [4.78, 5) is 24.3. The van der Waals surface area contributed by atoms with Crippen LogP contribution in [0.1, 0.15) is 22.2 Å². The summed E-state index contributed by atoms with van der Waals surface area (Å²) in [5, 5.41) is 1.91. The maximum absolute atomic E-state index is 11.8. The number of hydrogen-bond acceptors (Lipinski definition) is 5. The fourth-order valence-electron chi connectivity index (χ4n) is 1.62. The first-order valence-electron chi connectivity index (χ1n) is 6.19. The van der Waals surface area contributed by atoms with Crippen LogP contribution in [0.5, 0.6) is 5.75 Å². The standard InChI is InChI=1S/C15H14O4S/c1-2-18-15(17)11-5-3-6-12(9-11)19-14(16)10-13-7-4-8-20-13/h3-9H,2,10H2,1H3. The molecular weight excluding hydrogens is 276 g/mol. The van der Waals surface area contributed by atoms with Crippen molar-refractivity contribution < 1.29 is 19.1 Å². The Bertz CT molecular complexity index is 590. The minimum atomic E-state index is -0.427. The zero-order valence-electron chi connectivity index (χ0n) is 11.0. The van der Waals surface area contributed by atoms with Crippen molar-refractivity contribution in [1.29, 1.82) is 0 Å². The van der Waals surface area contributed by atoms with Crippen molar-refractivity contribution in [2.24, 2.45) is 0 Å². The lowest BCUT2D eigenvalue weighted by Crippen LogP contribution is -2.11. The van der Waals surface area contributed by atoms with E-state index in [1.807, 2.05) is 17.5 Å². The van der Waals surface area contributed by atoms with Gasteiger partial charge in [-0.15, -0.1) is 11.3 Å². The van der Waals surface area contributed by atoms with Gasteiger partial charge in [0.25, 0.3) is 0 Å². The maximum atomic E-state index is 11.8. The fraction of sp³-hybridized carbons (Fsp3) is 0.200. The van der Waals surface area contributed by atoms with Gasteiger partial charge in [-0.05, 0) is 36.6 Å². The van der Waals surface area contributed by atoms with E-state index in [9.17, 15) is 9.59 Å². The van der Waals surface area contributed by atoms with Crippen molar-refractivity contribution in [3.8, 4) is 5.75 Å². The molecule has 0 aliphatic rings. The smallest absolute Gasteiger partial charge is 0.338 e. The molecule has 5 heteroatoms. The summed E-state index contributed by atoms with van der Waals surface area (Å²) >= 11 is 1.50. The molecule has 2 aromatic rings. The van der Waals surface area contributed by atoms with Crippen molar-refractivity contribution in [2.45, 2.75) is 13.3 Å². The van der Waals surface area contributed by atoms with Gasteiger partial charge in [-0.1, -0.05) is 12.1 Å². The molecule has 0 atom stereocenters. The van der Waals surface area contributed by atoms with E-state index in [1.165, 1.54) is 17.4 Å². The van der Waals surface area contributed by atoms with Crippen molar-refractivity contribution in [3.63, 3.8) is 0 Å². The van der Waals surface area contributed by atoms with Crippen LogP contribution in [0.2, 0.25) is 0 Å². The van der Waals surface area contributed by atoms with Crippen LogP contribution in [0.15, 0.2) is 41.8 Å². The summed E-state index contributed by atoms with van der Waals surface area (Å²) in [6.45, 7) is 2.05. The molecule has 1 aromatic carbocycles. The van der Waals surface area contributed by atoms with Gasteiger partial charge in [0.2, 0.25) is 0 Å². The molecule has 4 nitrogen and oxygen atoms in total. The summed E-state index contributed by atoms with van der Waals surface area (Å²) in [6.07, 6.45) is 0.224. The number of esters is 2. The Labute approximate surface area is 121 Å². The molecule has 0 unspecified atom stereocenters. The SMILES string of the molecule is CCOC(=O)c1cccc(OC(=O)Cc2cccs2)c1. The van der Waals surface area contributed by atoms with Crippen LogP contribution in [-0.4, -0.2) is 18.5 Å². The number of hydrogen-bond donors (Lipinski definition) is 0. The third-order valence-corrected chi connectivity index (χ3v) is 3.35. The Morgan fingerprint density at radius 3 is 2.75 bits per heavy atom. The third-order valence-electron chi connectivity index (χ3n) is 2.48. The number of ether oxygens (including phenoxy) is 2. The molecule has 1 aromatic heterocycles. The first-order chi connectivity index (χ1) is 9.69. The summed E-state index contributed by atoms with van der Waals surface area (Å²) in [5.74, 6) is -0.436. The van der Waals surface area contributed by atoms with E-state index < -0.39 is 5.97 Å². The Morgan fingerprint density at radius 1 is 1.20 bits per heavy atom. The van der Waals surface area contributed by atoms with Crippen LogP contribution < -0.4 is 4.74 Å². The zero-order valence-corrected chi connectivity index (χ0v) is 11.8. The molecule has 0 radical (unpaired) electrons. The molecule has 0 bridgehead atoms. The Balaban J connectivity index is 2.00. The van der Waals surface area contributed by atoms with Crippen LogP contribution in [0, 0.1) is 0 Å². The van der Waals surface area contributed by atoms with E-state index >= 15 is 0 Å². The van der Waals surface area contributed by atoms with Crippen LogP contribution in [0.25, 0.3) is 0 Å². The highest BCUT2D eigenvalue weighted by Gasteiger charge is 2.10. The summed E-state index contributed by atoms with van der Waals surface area (Å²) in [7, 11) is 0. The Hall–Kier alpha value is -2.14. The van der Waals surface area contributed by atoms with Gasteiger partial charge in [0, 0.05) is 4.88 Å². The van der Waals surface area contributed by atoms with Gasteiger partial charge in [-0.2, -0.15) is 0 Å². The molecule has 0 N–H and O–H groups in total. The second kappa shape index (κ2) is 6.86. The Kier molecular flexibility index (Phi) is 4.90. The van der Waals surface area contributed by atoms with Crippen molar-refractivity contribution in [1.82, 2.24) is 0 Å². The summed E-state index contributed by atoms with van der Waals surface area (Å²) in [5.41, 5.74) is 0.369. The number of benzene rings is 1. The lowest BCUT2D eigenvalue weighted by Gasteiger charge is -2.06. The second-order valence-corrected chi connectivity index (χ2v) is 5.01. The molecule has 0 spiro atoms. The van der Waals surface area contributed by atoms with Gasteiger partial charge in [-0.25, -0.2) is 4.79 Å². The quantitative estimate of drug-likeness (QED) is 0.627. The summed E-state index contributed by atoms with van der Waals surface area (Å²) in [6, 6.07) is 10.2. The first kappa shape index (κ1) is 14.3. The van der Waals surface area contributed by atoms with E-state index in [0.717, 1.165) is 4.88 Å². The first-order valence-corrected chi connectivity index (χ1v) is 7.07. The maximum Gasteiger partial charge on any atom is 0.338 e. The molecule has 2 rings (SSSR count). The number of carbonyl (C=O) groups is 2. The molecule has 0 amide bonds. The number of carbonyl (C=O) groups excluding carboxylic acids is 2. The van der Waals surface area contributed by atoms with Crippen LogP contribution in [0.3, 0.4) is 0 Å². The molecule has 0 saturated carbocycles. The lowest BCUT2D eigenvalue weighted by atomic mass is 10.2. The molecule has 104 valence electrons. The van der Waals surface area contributed by atoms with Crippen molar-refractivity contribution in [2.75, 3.05) is 6.61 Å². The molecule has 1 heterocycles. The van der Waals surface area contributed by atoms with Gasteiger partial charge < -0.3 is 9.47 Å². The molecular formula is C15H14O4S. The minimum Gasteiger partial charge on any atom is -0.462 e.